The highest BCUT2D eigenvalue weighted by Gasteiger charge is 2.16. The fourth-order valence-corrected chi connectivity index (χ4v) is 2.29. The molecule has 2 heteroatoms. The second kappa shape index (κ2) is 5.65. The number of hydrogen-bond acceptors (Lipinski definition) is 2. The molecule has 0 heterocycles. The Morgan fingerprint density at radius 1 is 0.750 bits per heavy atom. The lowest BCUT2D eigenvalue weighted by Gasteiger charge is -2.27. The van der Waals surface area contributed by atoms with Gasteiger partial charge in [-0.15, -0.1) is 0 Å². The fraction of sp³-hybridized carbons (Fsp3) is 0.714. The summed E-state index contributed by atoms with van der Waals surface area (Å²) in [6, 6.07) is 0. The van der Waals surface area contributed by atoms with Gasteiger partial charge in [-0.2, -0.15) is 0 Å². The molecule has 0 spiro atoms. The Morgan fingerprint density at radius 2 is 1.06 bits per heavy atom. The van der Waals surface area contributed by atoms with Gasteiger partial charge < -0.3 is 9.80 Å². The number of allylic oxidation sites excluding steroid dienone is 2. The summed E-state index contributed by atoms with van der Waals surface area (Å²) in [6.07, 6.45) is 2.35. The lowest BCUT2D eigenvalue weighted by Crippen LogP contribution is -2.23. The van der Waals surface area contributed by atoms with Crippen molar-refractivity contribution in [3.63, 3.8) is 0 Å². The van der Waals surface area contributed by atoms with E-state index < -0.39 is 0 Å². The molecule has 0 aromatic rings. The van der Waals surface area contributed by atoms with Crippen LogP contribution in [0, 0.1) is 0 Å². The zero-order valence-electron chi connectivity index (χ0n) is 11.7. The summed E-state index contributed by atoms with van der Waals surface area (Å²) in [6.45, 7) is 6.76. The van der Waals surface area contributed by atoms with Gasteiger partial charge in [0, 0.05) is 13.1 Å². The van der Waals surface area contributed by atoms with Crippen molar-refractivity contribution in [1.82, 2.24) is 9.80 Å². The maximum Gasteiger partial charge on any atom is 0.0193 e. The van der Waals surface area contributed by atoms with Gasteiger partial charge in [0.2, 0.25) is 0 Å². The molecule has 0 aliphatic heterocycles. The largest absolute Gasteiger partial charge is 0.305 e. The zero-order valence-corrected chi connectivity index (χ0v) is 11.7. The molecule has 0 atom stereocenters. The summed E-state index contributed by atoms with van der Waals surface area (Å²) in [5, 5.41) is 0. The van der Waals surface area contributed by atoms with Crippen molar-refractivity contribution in [1.29, 1.82) is 0 Å². The predicted molar refractivity (Wildman–Crippen MR) is 71.7 cm³/mol. The van der Waals surface area contributed by atoms with E-state index in [1.807, 2.05) is 0 Å². The predicted octanol–water partition coefficient (Wildman–Crippen LogP) is 2.54. The minimum atomic E-state index is 1.10. The van der Waals surface area contributed by atoms with Gasteiger partial charge in [0.05, 0.1) is 0 Å². The number of nitrogens with zero attached hydrogens (tertiary/aromatic N) is 2. The standard InChI is InChI=1S/C14H26N2/c1-11-7-13(9-15(3)4)14(8-12(11)2)10-16(5)6/h7-10H2,1-6H3. The third-order valence-electron chi connectivity index (χ3n) is 3.20. The van der Waals surface area contributed by atoms with E-state index >= 15 is 0 Å². The molecular weight excluding hydrogens is 196 g/mol. The molecule has 0 saturated heterocycles. The van der Waals surface area contributed by atoms with Gasteiger partial charge in [-0.05, 0) is 54.9 Å². The minimum Gasteiger partial charge on any atom is -0.305 e. The van der Waals surface area contributed by atoms with Crippen LogP contribution in [-0.4, -0.2) is 51.1 Å². The van der Waals surface area contributed by atoms with Gasteiger partial charge >= 0.3 is 0 Å². The molecule has 16 heavy (non-hydrogen) atoms. The van der Waals surface area contributed by atoms with Crippen LogP contribution in [0.3, 0.4) is 0 Å². The van der Waals surface area contributed by atoms with Gasteiger partial charge in [0.1, 0.15) is 0 Å². The second-order valence-corrected chi connectivity index (χ2v) is 5.60. The Morgan fingerprint density at radius 3 is 1.31 bits per heavy atom. The first kappa shape index (κ1) is 13.5. The molecule has 0 bridgehead atoms. The monoisotopic (exact) mass is 222 g/mol. The molecule has 1 rings (SSSR count). The van der Waals surface area contributed by atoms with Crippen LogP contribution in [0.2, 0.25) is 0 Å². The maximum atomic E-state index is 2.28. The van der Waals surface area contributed by atoms with Crippen molar-refractivity contribution in [2.45, 2.75) is 26.7 Å². The first-order chi connectivity index (χ1) is 7.40. The second-order valence-electron chi connectivity index (χ2n) is 5.60. The highest BCUT2D eigenvalue weighted by molar-refractivity contribution is 5.34. The highest BCUT2D eigenvalue weighted by atomic mass is 15.1. The Balaban J connectivity index is 2.83. The number of rotatable bonds is 4. The molecule has 0 N–H and O–H groups in total. The average Bonchev–Trinajstić information content (AvgIpc) is 2.11. The molecule has 92 valence electrons. The molecule has 0 amide bonds. The summed E-state index contributed by atoms with van der Waals surface area (Å²) >= 11 is 0. The van der Waals surface area contributed by atoms with Crippen LogP contribution >= 0.6 is 0 Å². The quantitative estimate of drug-likeness (QED) is 0.674. The molecule has 0 fully saturated rings. The van der Waals surface area contributed by atoms with Crippen LogP contribution in [0.5, 0.6) is 0 Å². The third-order valence-corrected chi connectivity index (χ3v) is 3.20. The van der Waals surface area contributed by atoms with Crippen LogP contribution < -0.4 is 0 Å². The molecule has 0 radical (unpaired) electrons. The van der Waals surface area contributed by atoms with Crippen molar-refractivity contribution in [2.24, 2.45) is 0 Å². The Hall–Kier alpha value is -0.600. The summed E-state index contributed by atoms with van der Waals surface area (Å²) in [5.74, 6) is 0. The Labute approximate surface area is 101 Å². The Bertz CT molecular complexity index is 279. The molecule has 1 aliphatic carbocycles. The van der Waals surface area contributed by atoms with E-state index in [0.717, 1.165) is 13.1 Å². The highest BCUT2D eigenvalue weighted by Crippen LogP contribution is 2.30. The fourth-order valence-electron chi connectivity index (χ4n) is 2.29. The van der Waals surface area contributed by atoms with E-state index in [1.165, 1.54) is 12.8 Å². The number of hydrogen-bond donors (Lipinski definition) is 0. The van der Waals surface area contributed by atoms with Crippen LogP contribution in [0.1, 0.15) is 26.7 Å². The van der Waals surface area contributed by atoms with Crippen molar-refractivity contribution in [2.75, 3.05) is 41.3 Å². The van der Waals surface area contributed by atoms with Crippen LogP contribution in [-0.2, 0) is 0 Å². The van der Waals surface area contributed by atoms with Gasteiger partial charge in [-0.25, -0.2) is 0 Å². The maximum absolute atomic E-state index is 2.28. The molecule has 0 saturated carbocycles. The van der Waals surface area contributed by atoms with E-state index in [4.69, 9.17) is 0 Å². The van der Waals surface area contributed by atoms with Crippen molar-refractivity contribution < 1.29 is 0 Å². The van der Waals surface area contributed by atoms with Gasteiger partial charge in [0.25, 0.3) is 0 Å². The SMILES string of the molecule is CC1=C(C)CC(CN(C)C)=C(CN(C)C)C1. The minimum absolute atomic E-state index is 1.10. The van der Waals surface area contributed by atoms with Crippen molar-refractivity contribution >= 4 is 0 Å². The van der Waals surface area contributed by atoms with Gasteiger partial charge in [-0.1, -0.05) is 22.3 Å². The van der Waals surface area contributed by atoms with Gasteiger partial charge in [0.15, 0.2) is 0 Å². The van der Waals surface area contributed by atoms with E-state index in [-0.39, 0.29) is 0 Å². The molecule has 2 nitrogen and oxygen atoms in total. The van der Waals surface area contributed by atoms with Crippen molar-refractivity contribution in [3.8, 4) is 0 Å². The van der Waals surface area contributed by atoms with Gasteiger partial charge in [-0.3, -0.25) is 0 Å². The average molecular weight is 222 g/mol. The normalized spacial score (nSPS) is 18.0. The summed E-state index contributed by atoms with van der Waals surface area (Å²) < 4.78 is 0. The molecular formula is C14H26N2. The first-order valence-corrected chi connectivity index (χ1v) is 6.04. The topological polar surface area (TPSA) is 6.48 Å². The van der Waals surface area contributed by atoms with Crippen LogP contribution in [0.15, 0.2) is 22.3 Å². The third kappa shape index (κ3) is 3.76. The van der Waals surface area contributed by atoms with E-state index in [9.17, 15) is 0 Å². The first-order valence-electron chi connectivity index (χ1n) is 6.04. The lowest BCUT2D eigenvalue weighted by molar-refractivity contribution is 0.417. The van der Waals surface area contributed by atoms with Crippen LogP contribution in [0.4, 0.5) is 0 Å². The van der Waals surface area contributed by atoms with Crippen molar-refractivity contribution in [3.05, 3.63) is 22.3 Å². The zero-order chi connectivity index (χ0) is 12.3. The Kier molecular flexibility index (Phi) is 4.75. The summed E-state index contributed by atoms with van der Waals surface area (Å²) in [5.41, 5.74) is 6.39. The molecule has 0 aromatic heterocycles. The summed E-state index contributed by atoms with van der Waals surface area (Å²) in [7, 11) is 8.61. The smallest absolute Gasteiger partial charge is 0.0193 e. The number of likely N-dealkylation sites (N-methyl/N-ethyl adjacent to an activating group) is 2. The lowest BCUT2D eigenvalue weighted by atomic mass is 9.87. The van der Waals surface area contributed by atoms with E-state index in [0.29, 0.717) is 0 Å². The molecule has 0 aromatic carbocycles. The van der Waals surface area contributed by atoms with E-state index in [1.54, 1.807) is 22.3 Å². The summed E-state index contributed by atoms with van der Waals surface area (Å²) in [4.78, 5) is 4.55. The van der Waals surface area contributed by atoms with E-state index in [2.05, 4.69) is 51.8 Å². The van der Waals surface area contributed by atoms with Crippen LogP contribution in [0.25, 0.3) is 0 Å². The molecule has 0 unspecified atom stereocenters. The molecule has 1 aliphatic rings.